The van der Waals surface area contributed by atoms with Crippen molar-refractivity contribution in [1.82, 2.24) is 0 Å². The molecule has 13 heteroatoms. The molecule has 1 amide bonds. The smallest absolute Gasteiger partial charge is 0.416 e. The van der Waals surface area contributed by atoms with Crippen molar-refractivity contribution in [1.29, 1.82) is 0 Å². The van der Waals surface area contributed by atoms with Crippen molar-refractivity contribution < 1.29 is 56.4 Å². The van der Waals surface area contributed by atoms with Gasteiger partial charge in [0.1, 0.15) is 11.5 Å². The number of aliphatic carboxylic acids is 1. The number of hydrogen-bond acceptors (Lipinski definition) is 8. The van der Waals surface area contributed by atoms with Gasteiger partial charge in [-0.15, -0.1) is 0 Å². The van der Waals surface area contributed by atoms with Gasteiger partial charge in [0.25, 0.3) is 5.91 Å². The number of ether oxygens (including phenoxy) is 4. The minimum atomic E-state index is -4.74. The highest BCUT2D eigenvalue weighted by Gasteiger charge is 2.41. The van der Waals surface area contributed by atoms with Crippen molar-refractivity contribution in [2.24, 2.45) is 0 Å². The van der Waals surface area contributed by atoms with Crippen molar-refractivity contribution in [3.8, 4) is 11.5 Å². The second kappa shape index (κ2) is 12.7. The molecule has 0 fully saturated rings. The molecule has 0 spiro atoms. The van der Waals surface area contributed by atoms with Crippen LogP contribution in [0.3, 0.4) is 0 Å². The minimum absolute atomic E-state index is 0.151. The van der Waals surface area contributed by atoms with Crippen LogP contribution >= 0.6 is 0 Å². The number of anilines is 1. The van der Waals surface area contributed by atoms with Gasteiger partial charge in [0.15, 0.2) is 0 Å². The van der Waals surface area contributed by atoms with Crippen LogP contribution in [0, 0.1) is 0 Å². The number of methoxy groups -OCH3 is 2. The number of carbonyl (C=O) groups excluding carboxylic acids is 3. The number of alkyl halides is 3. The Morgan fingerprint density at radius 3 is 1.73 bits per heavy atom. The van der Waals surface area contributed by atoms with Crippen LogP contribution in [-0.2, 0) is 25.2 Å². The van der Waals surface area contributed by atoms with Crippen molar-refractivity contribution in [2.75, 3.05) is 19.5 Å². The molecule has 0 saturated heterocycles. The molecule has 0 bridgehead atoms. The van der Waals surface area contributed by atoms with Crippen molar-refractivity contribution in [3.63, 3.8) is 0 Å². The maximum absolute atomic E-state index is 13.2. The van der Waals surface area contributed by atoms with Crippen molar-refractivity contribution in [2.45, 2.75) is 18.4 Å². The molecular weight excluding hydrogens is 539 g/mol. The average molecular weight is 561 g/mol. The Kier molecular flexibility index (Phi) is 9.33. The van der Waals surface area contributed by atoms with E-state index < -0.39 is 47.8 Å². The number of benzene rings is 3. The molecule has 0 aliphatic carbocycles. The molecule has 10 nitrogen and oxygen atoms in total. The van der Waals surface area contributed by atoms with Crippen LogP contribution in [0.15, 0.2) is 72.8 Å². The Morgan fingerprint density at radius 2 is 1.25 bits per heavy atom. The van der Waals surface area contributed by atoms with Crippen LogP contribution in [0.2, 0.25) is 0 Å². The molecule has 2 N–H and O–H groups in total. The van der Waals surface area contributed by atoms with E-state index in [-0.39, 0.29) is 28.3 Å². The van der Waals surface area contributed by atoms with Crippen LogP contribution in [0.25, 0.3) is 0 Å². The van der Waals surface area contributed by atoms with Crippen LogP contribution in [0.4, 0.5) is 18.9 Å². The topological polar surface area (TPSA) is 137 Å². The zero-order valence-electron chi connectivity index (χ0n) is 20.9. The maximum Gasteiger partial charge on any atom is 0.416 e. The molecular formula is C27H22F3NO9. The number of halogens is 3. The van der Waals surface area contributed by atoms with Crippen LogP contribution in [0.5, 0.6) is 11.5 Å². The number of hydrogen-bond donors (Lipinski definition) is 2. The van der Waals surface area contributed by atoms with Gasteiger partial charge in [-0.1, -0.05) is 18.2 Å². The fraction of sp³-hybridized carbons (Fsp3) is 0.185. The molecule has 40 heavy (non-hydrogen) atoms. The van der Waals surface area contributed by atoms with E-state index in [4.69, 9.17) is 18.9 Å². The SMILES string of the molecule is COc1cccc(C(=O)O[C@@H](C(=O)O)[C@@H](OC(=O)c2cccc(OC)c2)C(=O)Nc2cccc(C(F)(F)F)c2)c1. The first kappa shape index (κ1) is 29.5. The highest BCUT2D eigenvalue weighted by atomic mass is 19.4. The van der Waals surface area contributed by atoms with E-state index in [0.717, 1.165) is 18.2 Å². The third-order valence-electron chi connectivity index (χ3n) is 5.31. The summed E-state index contributed by atoms with van der Waals surface area (Å²) in [6.45, 7) is 0. The zero-order chi connectivity index (χ0) is 29.4. The van der Waals surface area contributed by atoms with Crippen molar-refractivity contribution >= 4 is 29.5 Å². The van der Waals surface area contributed by atoms with Crippen LogP contribution in [0.1, 0.15) is 26.3 Å². The third-order valence-corrected chi connectivity index (χ3v) is 5.31. The standard InChI is InChI=1S/C27H22F3NO9/c1-37-19-10-3-6-15(12-19)25(35)39-21(23(32)31-18-9-5-8-17(14-18)27(28,29)30)22(24(33)34)40-26(36)16-7-4-11-20(13-16)38-2/h3-14,21-22H,1-2H3,(H,31,32)(H,33,34)/t21-,22-/m1/s1. The zero-order valence-corrected chi connectivity index (χ0v) is 20.9. The van der Waals surface area contributed by atoms with E-state index >= 15 is 0 Å². The Morgan fingerprint density at radius 1 is 0.750 bits per heavy atom. The summed E-state index contributed by atoms with van der Waals surface area (Å²) in [4.78, 5) is 50.9. The van der Waals surface area contributed by atoms with Gasteiger partial charge in [-0.05, 0) is 54.6 Å². The van der Waals surface area contributed by atoms with Crippen LogP contribution < -0.4 is 14.8 Å². The summed E-state index contributed by atoms with van der Waals surface area (Å²) >= 11 is 0. The summed E-state index contributed by atoms with van der Waals surface area (Å²) in [5, 5.41) is 11.9. The number of carboxylic acids is 1. The van der Waals surface area contributed by atoms with E-state index in [1.807, 2.05) is 0 Å². The van der Waals surface area contributed by atoms with Gasteiger partial charge in [0.2, 0.25) is 12.2 Å². The Labute approximate surface area is 225 Å². The number of nitrogens with one attached hydrogen (secondary N) is 1. The Hall–Kier alpha value is -5.07. The predicted molar refractivity (Wildman–Crippen MR) is 132 cm³/mol. The first-order valence-corrected chi connectivity index (χ1v) is 11.3. The Bertz CT molecular complexity index is 1410. The number of carboxylic acid groups (broad SMARTS) is 1. The summed E-state index contributed by atoms with van der Waals surface area (Å²) < 4.78 is 59.7. The Balaban J connectivity index is 1.96. The summed E-state index contributed by atoms with van der Waals surface area (Å²) in [6.07, 6.45) is -9.48. The molecule has 0 aliphatic heterocycles. The van der Waals surface area contributed by atoms with Gasteiger partial charge in [-0.2, -0.15) is 13.2 Å². The molecule has 0 aliphatic rings. The second-order valence-electron chi connectivity index (χ2n) is 8.02. The molecule has 0 unspecified atom stereocenters. The number of rotatable bonds is 10. The number of amides is 1. The number of carbonyl (C=O) groups is 4. The van der Waals surface area contributed by atoms with E-state index in [1.54, 1.807) is 0 Å². The van der Waals surface area contributed by atoms with E-state index in [2.05, 4.69) is 5.32 Å². The van der Waals surface area contributed by atoms with E-state index in [0.29, 0.717) is 6.07 Å². The second-order valence-corrected chi connectivity index (χ2v) is 8.02. The van der Waals surface area contributed by atoms with Gasteiger partial charge in [-0.25, -0.2) is 14.4 Å². The van der Waals surface area contributed by atoms with Gasteiger partial charge >= 0.3 is 24.1 Å². The normalized spacial score (nSPS) is 12.4. The maximum atomic E-state index is 13.2. The third kappa shape index (κ3) is 7.49. The largest absolute Gasteiger partial charge is 0.497 e. The predicted octanol–water partition coefficient (Wildman–Crippen LogP) is 4.20. The lowest BCUT2D eigenvalue weighted by Crippen LogP contribution is -2.48. The molecule has 0 saturated carbocycles. The first-order valence-electron chi connectivity index (χ1n) is 11.3. The molecule has 0 aromatic heterocycles. The van der Waals surface area contributed by atoms with Gasteiger partial charge in [0.05, 0.1) is 30.9 Å². The van der Waals surface area contributed by atoms with Crippen LogP contribution in [-0.4, -0.2) is 55.3 Å². The van der Waals surface area contributed by atoms with Crippen molar-refractivity contribution in [3.05, 3.63) is 89.5 Å². The molecule has 3 aromatic carbocycles. The molecule has 210 valence electrons. The summed E-state index contributed by atoms with van der Waals surface area (Å²) in [5.41, 5.74) is -1.79. The van der Waals surface area contributed by atoms with Gasteiger partial charge in [-0.3, -0.25) is 4.79 Å². The highest BCUT2D eigenvalue weighted by Crippen LogP contribution is 2.31. The van der Waals surface area contributed by atoms with Gasteiger partial charge in [0, 0.05) is 5.69 Å². The molecule has 2 atom stereocenters. The molecule has 0 heterocycles. The lowest BCUT2D eigenvalue weighted by Gasteiger charge is -2.24. The first-order chi connectivity index (χ1) is 18.9. The molecule has 0 radical (unpaired) electrons. The fourth-order valence-electron chi connectivity index (χ4n) is 3.35. The van der Waals surface area contributed by atoms with E-state index in [9.17, 15) is 37.5 Å². The quantitative estimate of drug-likeness (QED) is 0.349. The molecule has 3 aromatic rings. The van der Waals surface area contributed by atoms with Gasteiger partial charge < -0.3 is 29.4 Å². The monoisotopic (exact) mass is 561 g/mol. The lowest BCUT2D eigenvalue weighted by molar-refractivity contribution is -0.157. The summed E-state index contributed by atoms with van der Waals surface area (Å²) in [6, 6.07) is 14.4. The fourth-order valence-corrected chi connectivity index (χ4v) is 3.35. The summed E-state index contributed by atoms with van der Waals surface area (Å²) in [7, 11) is 2.66. The molecule has 3 rings (SSSR count). The average Bonchev–Trinajstić information content (AvgIpc) is 2.94. The summed E-state index contributed by atoms with van der Waals surface area (Å²) in [5.74, 6) is -5.18. The van der Waals surface area contributed by atoms with E-state index in [1.165, 1.54) is 62.8 Å². The number of esters is 2. The minimum Gasteiger partial charge on any atom is -0.497 e. The highest BCUT2D eigenvalue weighted by molar-refractivity contribution is 6.01. The lowest BCUT2D eigenvalue weighted by atomic mass is 10.1.